The smallest absolute Gasteiger partial charge is 0.0159 e. The lowest BCUT2D eigenvalue weighted by atomic mass is 9.79. The summed E-state index contributed by atoms with van der Waals surface area (Å²) in [6.45, 7) is 21.0. The summed E-state index contributed by atoms with van der Waals surface area (Å²) in [5, 5.41) is 2.82. The summed E-state index contributed by atoms with van der Waals surface area (Å²) < 4.78 is 0. The molecule has 0 saturated carbocycles. The van der Waals surface area contributed by atoms with E-state index in [1.54, 1.807) is 0 Å². The Kier molecular flexibility index (Phi) is 4.22. The van der Waals surface area contributed by atoms with Crippen molar-refractivity contribution in [2.75, 3.05) is 0 Å². The summed E-state index contributed by atoms with van der Waals surface area (Å²) in [7, 11) is 0. The third-order valence-corrected chi connectivity index (χ3v) is 9.08. The predicted octanol–water partition coefficient (Wildman–Crippen LogP) is 9.50. The zero-order valence-electron chi connectivity index (χ0n) is 22.2. The number of benzene rings is 4. The maximum atomic E-state index is 2.55. The van der Waals surface area contributed by atoms with E-state index >= 15 is 0 Å². The van der Waals surface area contributed by atoms with Gasteiger partial charge in [-0.25, -0.2) is 0 Å². The highest BCUT2D eigenvalue weighted by molar-refractivity contribution is 6.05. The highest BCUT2D eigenvalue weighted by Crippen LogP contribution is 2.57. The van der Waals surface area contributed by atoms with E-state index in [4.69, 9.17) is 0 Å². The Morgan fingerprint density at radius 2 is 1.09 bits per heavy atom. The van der Waals surface area contributed by atoms with Gasteiger partial charge in [-0.05, 0) is 116 Å². The fraction of sp³-hybridized carbons (Fsp3) is 0.353. The fourth-order valence-corrected chi connectivity index (χ4v) is 6.67. The molecule has 4 aromatic carbocycles. The molecular formula is C34H36. The zero-order chi connectivity index (χ0) is 24.3. The molecule has 2 aliphatic carbocycles. The van der Waals surface area contributed by atoms with Gasteiger partial charge >= 0.3 is 0 Å². The number of fused-ring (bicyclic) bond motifs is 8. The second kappa shape index (κ2) is 6.63. The maximum Gasteiger partial charge on any atom is 0.0159 e. The lowest BCUT2D eigenvalue weighted by Gasteiger charge is -2.24. The summed E-state index contributed by atoms with van der Waals surface area (Å²) in [4.78, 5) is 0. The van der Waals surface area contributed by atoms with Crippen molar-refractivity contribution in [2.24, 2.45) is 0 Å². The van der Waals surface area contributed by atoms with Crippen molar-refractivity contribution in [3.63, 3.8) is 0 Å². The van der Waals surface area contributed by atoms with Gasteiger partial charge < -0.3 is 0 Å². The SMILES string of the molecule is Cc1cc2c(C)cc3c(c2cc1C)-c1cc2c(cc1C3(C)C)-c1ccc(C(C)C)cc1C2(C)C. The molecule has 0 bridgehead atoms. The lowest BCUT2D eigenvalue weighted by molar-refractivity contribution is 0.650. The second-order valence-electron chi connectivity index (χ2n) is 12.3. The first-order valence-corrected chi connectivity index (χ1v) is 12.8. The Balaban J connectivity index is 1.69. The molecule has 6 rings (SSSR count). The van der Waals surface area contributed by atoms with Crippen molar-refractivity contribution in [1.29, 1.82) is 0 Å². The van der Waals surface area contributed by atoms with Crippen LogP contribution < -0.4 is 0 Å². The monoisotopic (exact) mass is 444 g/mol. The van der Waals surface area contributed by atoms with Crippen LogP contribution in [0.1, 0.15) is 92.0 Å². The van der Waals surface area contributed by atoms with Crippen molar-refractivity contribution in [3.8, 4) is 22.3 Å². The summed E-state index contributed by atoms with van der Waals surface area (Å²) in [6, 6.07) is 19.6. The Hall–Kier alpha value is -2.86. The molecule has 0 radical (unpaired) electrons. The maximum absolute atomic E-state index is 2.55. The van der Waals surface area contributed by atoms with Crippen molar-refractivity contribution >= 4 is 10.8 Å². The Bertz CT molecular complexity index is 1540. The van der Waals surface area contributed by atoms with E-state index in [0.717, 1.165) is 0 Å². The molecule has 0 unspecified atom stereocenters. The van der Waals surface area contributed by atoms with Gasteiger partial charge in [-0.1, -0.05) is 77.9 Å². The minimum atomic E-state index is -0.0117. The highest BCUT2D eigenvalue weighted by Gasteiger charge is 2.42. The summed E-state index contributed by atoms with van der Waals surface area (Å²) in [6.07, 6.45) is 0. The molecule has 4 aromatic rings. The molecular weight excluding hydrogens is 408 g/mol. The first-order chi connectivity index (χ1) is 15.9. The van der Waals surface area contributed by atoms with Crippen LogP contribution in [0.3, 0.4) is 0 Å². The molecule has 0 N–H and O–H groups in total. The average molecular weight is 445 g/mol. The van der Waals surface area contributed by atoms with Crippen LogP contribution in [0.4, 0.5) is 0 Å². The molecule has 0 saturated heterocycles. The van der Waals surface area contributed by atoms with Crippen LogP contribution in [-0.2, 0) is 10.8 Å². The lowest BCUT2D eigenvalue weighted by Crippen LogP contribution is -2.17. The first kappa shape index (κ1) is 21.7. The quantitative estimate of drug-likeness (QED) is 0.274. The van der Waals surface area contributed by atoms with Crippen LogP contribution in [0, 0.1) is 20.8 Å². The molecule has 0 aromatic heterocycles. The standard InChI is InChI=1S/C34H36/c1-18(2)22-10-11-23-25-16-30-27(17-29(25)33(6,7)28(23)15-22)32-26-13-20(4)19(3)12-24(26)21(5)14-31(32)34(30,8)9/h10-18H,1-9H3. The zero-order valence-corrected chi connectivity index (χ0v) is 22.2. The number of rotatable bonds is 1. The van der Waals surface area contributed by atoms with Crippen LogP contribution in [0.2, 0.25) is 0 Å². The normalized spacial score (nSPS) is 16.5. The fourth-order valence-electron chi connectivity index (χ4n) is 6.67. The van der Waals surface area contributed by atoms with Crippen molar-refractivity contribution in [3.05, 3.63) is 93.0 Å². The van der Waals surface area contributed by atoms with E-state index in [-0.39, 0.29) is 10.8 Å². The molecule has 0 atom stereocenters. The van der Waals surface area contributed by atoms with Crippen LogP contribution >= 0.6 is 0 Å². The molecule has 0 aliphatic heterocycles. The summed E-state index contributed by atoms with van der Waals surface area (Å²) in [5.41, 5.74) is 17.2. The van der Waals surface area contributed by atoms with Gasteiger partial charge in [0.05, 0.1) is 0 Å². The Morgan fingerprint density at radius 3 is 1.76 bits per heavy atom. The molecule has 2 aliphatic rings. The molecule has 0 nitrogen and oxygen atoms in total. The number of aryl methyl sites for hydroxylation is 3. The topological polar surface area (TPSA) is 0 Å². The molecule has 0 spiro atoms. The van der Waals surface area contributed by atoms with E-state index < -0.39 is 0 Å². The molecule has 0 fully saturated rings. The van der Waals surface area contributed by atoms with Gasteiger partial charge in [0.15, 0.2) is 0 Å². The van der Waals surface area contributed by atoms with E-state index in [9.17, 15) is 0 Å². The minimum absolute atomic E-state index is 0.00446. The molecule has 172 valence electrons. The average Bonchev–Trinajstić information content (AvgIpc) is 3.13. The summed E-state index contributed by atoms with van der Waals surface area (Å²) in [5.74, 6) is 0.543. The van der Waals surface area contributed by atoms with Crippen LogP contribution in [0.5, 0.6) is 0 Å². The molecule has 0 amide bonds. The van der Waals surface area contributed by atoms with Crippen LogP contribution in [-0.4, -0.2) is 0 Å². The van der Waals surface area contributed by atoms with Gasteiger partial charge in [0.25, 0.3) is 0 Å². The van der Waals surface area contributed by atoms with Gasteiger partial charge in [-0.3, -0.25) is 0 Å². The van der Waals surface area contributed by atoms with Crippen LogP contribution in [0.25, 0.3) is 33.0 Å². The number of hydrogen-bond donors (Lipinski definition) is 0. The number of hydrogen-bond acceptors (Lipinski definition) is 0. The van der Waals surface area contributed by atoms with Gasteiger partial charge in [0.2, 0.25) is 0 Å². The van der Waals surface area contributed by atoms with Crippen molar-refractivity contribution in [1.82, 2.24) is 0 Å². The van der Waals surface area contributed by atoms with Gasteiger partial charge in [-0.2, -0.15) is 0 Å². The largest absolute Gasteiger partial charge is 0.0587 e. The van der Waals surface area contributed by atoms with E-state index in [0.29, 0.717) is 5.92 Å². The molecule has 0 heteroatoms. The van der Waals surface area contributed by atoms with Crippen LogP contribution in [0.15, 0.2) is 48.5 Å². The third kappa shape index (κ3) is 2.60. The van der Waals surface area contributed by atoms with Gasteiger partial charge in [0, 0.05) is 10.8 Å². The van der Waals surface area contributed by atoms with E-state index in [1.165, 1.54) is 77.5 Å². The Morgan fingerprint density at radius 1 is 0.529 bits per heavy atom. The minimum Gasteiger partial charge on any atom is -0.0587 e. The second-order valence-corrected chi connectivity index (χ2v) is 12.3. The molecule has 34 heavy (non-hydrogen) atoms. The van der Waals surface area contributed by atoms with Crippen molar-refractivity contribution in [2.45, 2.75) is 79.1 Å². The van der Waals surface area contributed by atoms with Gasteiger partial charge in [0.1, 0.15) is 0 Å². The third-order valence-electron chi connectivity index (χ3n) is 9.08. The summed E-state index contributed by atoms with van der Waals surface area (Å²) >= 11 is 0. The van der Waals surface area contributed by atoms with Gasteiger partial charge in [-0.15, -0.1) is 0 Å². The molecule has 0 heterocycles. The Labute approximate surface area is 205 Å². The highest BCUT2D eigenvalue weighted by atomic mass is 14.5. The predicted molar refractivity (Wildman–Crippen MR) is 147 cm³/mol. The van der Waals surface area contributed by atoms with E-state index in [1.807, 2.05) is 0 Å². The van der Waals surface area contributed by atoms with E-state index in [2.05, 4.69) is 111 Å². The van der Waals surface area contributed by atoms with Crippen molar-refractivity contribution < 1.29 is 0 Å². The first-order valence-electron chi connectivity index (χ1n) is 12.8.